The lowest BCUT2D eigenvalue weighted by molar-refractivity contribution is -0.131. The van der Waals surface area contributed by atoms with Crippen LogP contribution >= 0.6 is 0 Å². The molecular weight excluding hydrogens is 270 g/mol. The first kappa shape index (κ1) is 16.0. The van der Waals surface area contributed by atoms with Crippen LogP contribution in [0.25, 0.3) is 0 Å². The SMILES string of the molecule is CN(Cc1ccco1)C(=O)CN1CCCN(CCO)CC1. The zero-order chi connectivity index (χ0) is 15.1. The Kier molecular flexibility index (Phi) is 6.22. The molecule has 1 aliphatic heterocycles. The van der Waals surface area contributed by atoms with Crippen LogP contribution < -0.4 is 0 Å². The summed E-state index contributed by atoms with van der Waals surface area (Å²) in [5.41, 5.74) is 0. The van der Waals surface area contributed by atoms with Crippen LogP contribution in [0.1, 0.15) is 12.2 Å². The van der Waals surface area contributed by atoms with Gasteiger partial charge in [-0.25, -0.2) is 0 Å². The molecule has 1 amide bonds. The molecule has 2 heterocycles. The molecule has 0 saturated carbocycles. The Morgan fingerprint density at radius 3 is 2.81 bits per heavy atom. The lowest BCUT2D eigenvalue weighted by Gasteiger charge is -2.23. The van der Waals surface area contributed by atoms with Crippen LogP contribution in [0.3, 0.4) is 0 Å². The van der Waals surface area contributed by atoms with Crippen LogP contribution in [0.5, 0.6) is 0 Å². The Balaban J connectivity index is 1.76. The first-order chi connectivity index (χ1) is 10.2. The van der Waals surface area contributed by atoms with E-state index in [2.05, 4.69) is 9.80 Å². The molecule has 21 heavy (non-hydrogen) atoms. The van der Waals surface area contributed by atoms with Gasteiger partial charge in [0.25, 0.3) is 0 Å². The molecule has 1 fully saturated rings. The molecule has 0 radical (unpaired) electrons. The van der Waals surface area contributed by atoms with Gasteiger partial charge in [-0.1, -0.05) is 0 Å². The van der Waals surface area contributed by atoms with Crippen molar-refractivity contribution in [1.29, 1.82) is 0 Å². The molecule has 0 unspecified atom stereocenters. The van der Waals surface area contributed by atoms with Gasteiger partial charge in [0, 0.05) is 26.7 Å². The van der Waals surface area contributed by atoms with Crippen molar-refractivity contribution in [1.82, 2.24) is 14.7 Å². The van der Waals surface area contributed by atoms with Gasteiger partial charge in [0.1, 0.15) is 5.76 Å². The molecular formula is C15H25N3O3. The van der Waals surface area contributed by atoms with Crippen LogP contribution in [-0.2, 0) is 11.3 Å². The minimum Gasteiger partial charge on any atom is -0.467 e. The van der Waals surface area contributed by atoms with Crippen molar-refractivity contribution < 1.29 is 14.3 Å². The van der Waals surface area contributed by atoms with Crippen molar-refractivity contribution in [3.8, 4) is 0 Å². The number of likely N-dealkylation sites (N-methyl/N-ethyl adjacent to an activating group) is 1. The highest BCUT2D eigenvalue weighted by Gasteiger charge is 2.19. The molecule has 1 saturated heterocycles. The van der Waals surface area contributed by atoms with E-state index in [1.54, 1.807) is 18.2 Å². The fraction of sp³-hybridized carbons (Fsp3) is 0.667. The largest absolute Gasteiger partial charge is 0.467 e. The van der Waals surface area contributed by atoms with E-state index < -0.39 is 0 Å². The summed E-state index contributed by atoms with van der Waals surface area (Å²) < 4.78 is 5.27. The summed E-state index contributed by atoms with van der Waals surface area (Å²) >= 11 is 0. The van der Waals surface area contributed by atoms with Crippen molar-refractivity contribution in [2.24, 2.45) is 0 Å². The predicted octanol–water partition coefficient (Wildman–Crippen LogP) is 0.238. The number of furan rings is 1. The number of hydrogen-bond donors (Lipinski definition) is 1. The summed E-state index contributed by atoms with van der Waals surface area (Å²) in [7, 11) is 1.81. The third-order valence-corrected chi connectivity index (χ3v) is 3.86. The van der Waals surface area contributed by atoms with Crippen LogP contribution in [0, 0.1) is 0 Å². The van der Waals surface area contributed by atoms with Gasteiger partial charge in [-0.05, 0) is 31.6 Å². The van der Waals surface area contributed by atoms with E-state index in [0.717, 1.165) is 44.9 Å². The van der Waals surface area contributed by atoms with E-state index in [4.69, 9.17) is 9.52 Å². The highest BCUT2D eigenvalue weighted by molar-refractivity contribution is 5.77. The molecule has 1 N–H and O–H groups in total. The molecule has 0 aliphatic carbocycles. The zero-order valence-corrected chi connectivity index (χ0v) is 12.7. The van der Waals surface area contributed by atoms with Crippen LogP contribution in [-0.4, -0.2) is 78.6 Å². The second-order valence-corrected chi connectivity index (χ2v) is 5.52. The summed E-state index contributed by atoms with van der Waals surface area (Å²) in [5, 5.41) is 8.99. The molecule has 0 bridgehead atoms. The number of carbonyl (C=O) groups is 1. The zero-order valence-electron chi connectivity index (χ0n) is 12.7. The Morgan fingerprint density at radius 1 is 1.33 bits per heavy atom. The Bertz CT molecular complexity index is 422. The maximum atomic E-state index is 12.2. The number of hydrogen-bond acceptors (Lipinski definition) is 5. The van der Waals surface area contributed by atoms with Gasteiger partial charge in [-0.3, -0.25) is 14.6 Å². The summed E-state index contributed by atoms with van der Waals surface area (Å²) in [6.07, 6.45) is 2.66. The number of rotatable bonds is 6. The second-order valence-electron chi connectivity index (χ2n) is 5.52. The van der Waals surface area contributed by atoms with E-state index >= 15 is 0 Å². The fourth-order valence-electron chi connectivity index (χ4n) is 2.58. The van der Waals surface area contributed by atoms with Crippen LogP contribution in [0.15, 0.2) is 22.8 Å². The Labute approximate surface area is 125 Å². The Hall–Kier alpha value is -1.37. The predicted molar refractivity (Wildman–Crippen MR) is 79.8 cm³/mol. The summed E-state index contributed by atoms with van der Waals surface area (Å²) in [5.74, 6) is 0.915. The number of nitrogens with zero attached hydrogens (tertiary/aromatic N) is 3. The third-order valence-electron chi connectivity index (χ3n) is 3.86. The fourth-order valence-corrected chi connectivity index (χ4v) is 2.58. The molecule has 0 spiro atoms. The standard InChI is InChI=1S/C15H25N3O3/c1-16(12-14-4-2-11-21-14)15(20)13-18-6-3-5-17(7-8-18)9-10-19/h2,4,11,19H,3,5-10,12-13H2,1H3. The first-order valence-electron chi connectivity index (χ1n) is 7.51. The molecule has 2 rings (SSSR count). The molecule has 6 heteroatoms. The smallest absolute Gasteiger partial charge is 0.236 e. The molecule has 0 aromatic carbocycles. The van der Waals surface area contributed by atoms with Gasteiger partial charge in [-0.2, -0.15) is 0 Å². The normalized spacial score (nSPS) is 17.6. The average molecular weight is 295 g/mol. The van der Waals surface area contributed by atoms with Crippen molar-refractivity contribution in [2.75, 3.05) is 52.9 Å². The summed E-state index contributed by atoms with van der Waals surface area (Å²) in [6, 6.07) is 3.71. The number of aliphatic hydroxyl groups excluding tert-OH is 1. The number of amides is 1. The maximum Gasteiger partial charge on any atom is 0.236 e. The first-order valence-corrected chi connectivity index (χ1v) is 7.51. The van der Waals surface area contributed by atoms with Crippen molar-refractivity contribution >= 4 is 5.91 Å². The molecule has 6 nitrogen and oxygen atoms in total. The van der Waals surface area contributed by atoms with E-state index in [1.807, 2.05) is 12.1 Å². The third kappa shape index (κ3) is 5.15. The number of carbonyl (C=O) groups excluding carboxylic acids is 1. The van der Waals surface area contributed by atoms with Gasteiger partial charge in [-0.15, -0.1) is 0 Å². The van der Waals surface area contributed by atoms with E-state index in [1.165, 1.54) is 0 Å². The number of aliphatic hydroxyl groups is 1. The van der Waals surface area contributed by atoms with Crippen molar-refractivity contribution in [2.45, 2.75) is 13.0 Å². The molecule has 1 aliphatic rings. The van der Waals surface area contributed by atoms with Gasteiger partial charge < -0.3 is 14.4 Å². The lowest BCUT2D eigenvalue weighted by Crippen LogP contribution is -2.40. The second kappa shape index (κ2) is 8.17. The van der Waals surface area contributed by atoms with Crippen molar-refractivity contribution in [3.63, 3.8) is 0 Å². The highest BCUT2D eigenvalue weighted by atomic mass is 16.3. The molecule has 1 aromatic heterocycles. The van der Waals surface area contributed by atoms with Gasteiger partial charge in [0.2, 0.25) is 5.91 Å². The van der Waals surface area contributed by atoms with Gasteiger partial charge in [0.05, 0.1) is 26.0 Å². The topological polar surface area (TPSA) is 60.2 Å². The molecule has 118 valence electrons. The van der Waals surface area contributed by atoms with Crippen LogP contribution in [0.2, 0.25) is 0 Å². The van der Waals surface area contributed by atoms with E-state index in [9.17, 15) is 4.79 Å². The summed E-state index contributed by atoms with van der Waals surface area (Å²) in [6.45, 7) is 5.59. The average Bonchev–Trinajstić information content (AvgIpc) is 2.87. The monoisotopic (exact) mass is 295 g/mol. The lowest BCUT2D eigenvalue weighted by atomic mass is 10.3. The van der Waals surface area contributed by atoms with Crippen molar-refractivity contribution in [3.05, 3.63) is 24.2 Å². The van der Waals surface area contributed by atoms with E-state index in [0.29, 0.717) is 13.1 Å². The quantitative estimate of drug-likeness (QED) is 0.814. The van der Waals surface area contributed by atoms with Gasteiger partial charge >= 0.3 is 0 Å². The molecule has 0 atom stereocenters. The van der Waals surface area contributed by atoms with Gasteiger partial charge in [0.15, 0.2) is 0 Å². The highest BCUT2D eigenvalue weighted by Crippen LogP contribution is 2.06. The van der Waals surface area contributed by atoms with Crippen LogP contribution in [0.4, 0.5) is 0 Å². The van der Waals surface area contributed by atoms with E-state index in [-0.39, 0.29) is 12.5 Å². The maximum absolute atomic E-state index is 12.2. The minimum absolute atomic E-state index is 0.113. The minimum atomic E-state index is 0.113. The summed E-state index contributed by atoms with van der Waals surface area (Å²) in [4.78, 5) is 18.4. The number of β-amino-alcohol motifs (C(OH)–C–C–N with tert-alkyl or cyclic N) is 1. The Morgan fingerprint density at radius 2 is 2.10 bits per heavy atom. The molecule has 1 aromatic rings.